The van der Waals surface area contributed by atoms with Gasteiger partial charge in [-0.2, -0.15) is 0 Å². The summed E-state index contributed by atoms with van der Waals surface area (Å²) in [6, 6.07) is 3.50. The van der Waals surface area contributed by atoms with Gasteiger partial charge in [-0.05, 0) is 12.1 Å². The smallest absolute Gasteiger partial charge is 0.207 e. The van der Waals surface area contributed by atoms with E-state index in [1.165, 1.54) is 56.9 Å². The van der Waals surface area contributed by atoms with E-state index in [1.807, 2.05) is 0 Å². The van der Waals surface area contributed by atoms with Crippen LogP contribution in [0.25, 0.3) is 0 Å². The van der Waals surface area contributed by atoms with Crippen LogP contribution in [0.4, 0.5) is 0 Å². The van der Waals surface area contributed by atoms with E-state index in [0.717, 1.165) is 0 Å². The van der Waals surface area contributed by atoms with Crippen molar-refractivity contribution in [3.8, 4) is 46.0 Å². The molecule has 0 unspecified atom stereocenters. The van der Waals surface area contributed by atoms with E-state index < -0.39 is 7.27 Å². The van der Waals surface area contributed by atoms with Crippen molar-refractivity contribution >= 4 is 29.1 Å². The van der Waals surface area contributed by atoms with Crippen LogP contribution < -0.4 is 48.5 Å². The quantitative estimate of drug-likeness (QED) is 0.500. The molecule has 166 valence electrons. The number of ether oxygens (including phenoxy) is 8. The summed E-state index contributed by atoms with van der Waals surface area (Å²) in [6.07, 6.45) is 0. The molecule has 0 amide bonds. The van der Waals surface area contributed by atoms with E-state index >= 15 is 0 Å². The van der Waals surface area contributed by atoms with Crippen molar-refractivity contribution in [3.63, 3.8) is 0 Å². The lowest BCUT2D eigenvalue weighted by atomic mass is 10.2. The molecule has 0 N–H and O–H groups in total. The topological polar surface area (TPSA) is 73.8 Å². The Balaban J connectivity index is 2.84. The molecule has 0 aliphatic rings. The standard InChI is InChI=1S/C20H26ClO8P/c1-22-11-9-13(17(26-5)19(28-7)15(11)24-3)30(21)14-10-12(23-2)16(25-4)20(29-8)18(14)27-6/h9-10H,1-8H3. The molecule has 0 aliphatic carbocycles. The Morgan fingerprint density at radius 2 is 0.767 bits per heavy atom. The van der Waals surface area contributed by atoms with E-state index in [1.54, 1.807) is 12.1 Å². The molecule has 0 fully saturated rings. The van der Waals surface area contributed by atoms with Crippen molar-refractivity contribution < 1.29 is 37.9 Å². The van der Waals surface area contributed by atoms with Crippen LogP contribution >= 0.6 is 18.5 Å². The van der Waals surface area contributed by atoms with Gasteiger partial charge >= 0.3 is 0 Å². The predicted molar refractivity (Wildman–Crippen MR) is 117 cm³/mol. The fraction of sp³-hybridized carbons (Fsp3) is 0.400. The molecule has 0 aliphatic heterocycles. The number of methoxy groups -OCH3 is 8. The van der Waals surface area contributed by atoms with Gasteiger partial charge in [-0.3, -0.25) is 0 Å². The molecule has 0 bridgehead atoms. The van der Waals surface area contributed by atoms with E-state index in [-0.39, 0.29) is 0 Å². The second-order valence-corrected chi connectivity index (χ2v) is 8.22. The molecule has 0 radical (unpaired) electrons. The first kappa shape index (κ1) is 23.8. The van der Waals surface area contributed by atoms with Crippen LogP contribution in [0.2, 0.25) is 0 Å². The minimum atomic E-state index is -1.56. The van der Waals surface area contributed by atoms with Gasteiger partial charge in [0.05, 0.1) is 64.2 Å². The summed E-state index contributed by atoms with van der Waals surface area (Å²) in [4.78, 5) is 0. The largest absolute Gasteiger partial charge is 0.493 e. The van der Waals surface area contributed by atoms with E-state index in [0.29, 0.717) is 56.6 Å². The summed E-state index contributed by atoms with van der Waals surface area (Å²) in [5.74, 6) is 3.28. The molecule has 2 aromatic rings. The monoisotopic (exact) mass is 460 g/mol. The van der Waals surface area contributed by atoms with Crippen LogP contribution in [0.1, 0.15) is 0 Å². The van der Waals surface area contributed by atoms with E-state index in [2.05, 4.69) is 0 Å². The van der Waals surface area contributed by atoms with Crippen LogP contribution in [-0.4, -0.2) is 56.9 Å². The van der Waals surface area contributed by atoms with Crippen molar-refractivity contribution in [2.75, 3.05) is 56.9 Å². The van der Waals surface area contributed by atoms with Gasteiger partial charge in [0, 0.05) is 10.6 Å². The minimum Gasteiger partial charge on any atom is -0.493 e. The summed E-state index contributed by atoms with van der Waals surface area (Å²) < 4.78 is 44.2. The maximum atomic E-state index is 7.01. The molecule has 0 saturated heterocycles. The molecule has 2 aromatic carbocycles. The number of halogens is 1. The second-order valence-electron chi connectivity index (χ2n) is 5.68. The van der Waals surface area contributed by atoms with Crippen LogP contribution in [0.5, 0.6) is 46.0 Å². The van der Waals surface area contributed by atoms with Crippen LogP contribution in [0.15, 0.2) is 12.1 Å². The lowest BCUT2D eigenvalue weighted by molar-refractivity contribution is 0.307. The molecule has 2 rings (SSSR count). The lowest BCUT2D eigenvalue weighted by Crippen LogP contribution is -2.16. The fourth-order valence-corrected chi connectivity index (χ4v) is 5.27. The first-order valence-electron chi connectivity index (χ1n) is 8.67. The number of hydrogen-bond acceptors (Lipinski definition) is 8. The third-order valence-corrected chi connectivity index (χ3v) is 6.96. The van der Waals surface area contributed by atoms with Gasteiger partial charge in [0.15, 0.2) is 23.0 Å². The highest BCUT2D eigenvalue weighted by Crippen LogP contribution is 2.55. The first-order chi connectivity index (χ1) is 14.5. The van der Waals surface area contributed by atoms with Crippen molar-refractivity contribution in [1.29, 1.82) is 0 Å². The molecule has 8 nitrogen and oxygen atoms in total. The molecule has 30 heavy (non-hydrogen) atoms. The summed E-state index contributed by atoms with van der Waals surface area (Å²) in [5.41, 5.74) is 0. The second kappa shape index (κ2) is 10.5. The summed E-state index contributed by atoms with van der Waals surface area (Å²) in [6.45, 7) is 0. The van der Waals surface area contributed by atoms with Crippen molar-refractivity contribution in [2.45, 2.75) is 0 Å². The third kappa shape index (κ3) is 4.07. The van der Waals surface area contributed by atoms with Gasteiger partial charge in [-0.1, -0.05) is 11.2 Å². The highest BCUT2D eigenvalue weighted by molar-refractivity contribution is 7.96. The molecule has 10 heteroatoms. The van der Waals surface area contributed by atoms with Gasteiger partial charge < -0.3 is 37.9 Å². The first-order valence-corrected chi connectivity index (χ1v) is 10.9. The highest BCUT2D eigenvalue weighted by atomic mass is 35.7. The zero-order valence-electron chi connectivity index (χ0n) is 18.2. The molecular formula is C20H26ClO8P. The summed E-state index contributed by atoms with van der Waals surface area (Å²) >= 11 is 7.01. The molecule has 0 heterocycles. The van der Waals surface area contributed by atoms with Crippen molar-refractivity contribution in [1.82, 2.24) is 0 Å². The van der Waals surface area contributed by atoms with E-state index in [9.17, 15) is 0 Å². The Morgan fingerprint density at radius 3 is 1.00 bits per heavy atom. The molecular weight excluding hydrogens is 435 g/mol. The summed E-state index contributed by atoms with van der Waals surface area (Å²) in [5, 5.41) is 1.27. The number of rotatable bonds is 10. The number of hydrogen-bond donors (Lipinski definition) is 0. The maximum absolute atomic E-state index is 7.01. The van der Waals surface area contributed by atoms with Crippen LogP contribution in [0, 0.1) is 0 Å². The van der Waals surface area contributed by atoms with Crippen molar-refractivity contribution in [2.24, 2.45) is 0 Å². The lowest BCUT2D eigenvalue weighted by Gasteiger charge is -2.23. The summed E-state index contributed by atoms with van der Waals surface area (Å²) in [7, 11) is 10.6. The average molecular weight is 461 g/mol. The van der Waals surface area contributed by atoms with Gasteiger partial charge in [-0.15, -0.1) is 0 Å². The average Bonchev–Trinajstić information content (AvgIpc) is 2.79. The normalized spacial score (nSPS) is 10.5. The van der Waals surface area contributed by atoms with Crippen molar-refractivity contribution in [3.05, 3.63) is 12.1 Å². The Morgan fingerprint density at radius 1 is 0.467 bits per heavy atom. The van der Waals surface area contributed by atoms with Crippen LogP contribution in [-0.2, 0) is 0 Å². The highest BCUT2D eigenvalue weighted by Gasteiger charge is 2.31. The van der Waals surface area contributed by atoms with Gasteiger partial charge in [0.2, 0.25) is 23.0 Å². The molecule has 0 atom stereocenters. The van der Waals surface area contributed by atoms with Gasteiger partial charge in [-0.25, -0.2) is 0 Å². The SMILES string of the molecule is COc1cc(P(Cl)c2cc(OC)c(OC)c(OC)c2OC)c(OC)c(OC)c1OC. The van der Waals surface area contributed by atoms with Gasteiger partial charge in [0.1, 0.15) is 0 Å². The molecule has 0 saturated carbocycles. The Bertz CT molecular complexity index is 819. The van der Waals surface area contributed by atoms with Gasteiger partial charge in [0.25, 0.3) is 0 Å². The van der Waals surface area contributed by atoms with E-state index in [4.69, 9.17) is 49.1 Å². The Hall–Kier alpha value is -2.44. The predicted octanol–water partition coefficient (Wildman–Crippen LogP) is 3.34. The minimum absolute atomic E-state index is 0.369. The zero-order chi connectivity index (χ0) is 22.4. The third-order valence-electron chi connectivity index (χ3n) is 4.36. The number of benzene rings is 2. The maximum Gasteiger partial charge on any atom is 0.207 e. The molecule has 0 spiro atoms. The molecule has 0 aromatic heterocycles. The Labute approximate surface area is 182 Å². The van der Waals surface area contributed by atoms with Crippen LogP contribution in [0.3, 0.4) is 0 Å². The fourth-order valence-electron chi connectivity index (χ4n) is 3.05. The zero-order valence-corrected chi connectivity index (χ0v) is 19.9. The Kier molecular flexibility index (Phi) is 8.38.